The van der Waals surface area contributed by atoms with Gasteiger partial charge in [0.15, 0.2) is 11.5 Å². The molecule has 0 radical (unpaired) electrons. The van der Waals surface area contributed by atoms with E-state index in [-0.39, 0.29) is 6.42 Å². The number of aryl methyl sites for hydroxylation is 3. The smallest absolute Gasteiger partial charge is 0.303 e. The lowest BCUT2D eigenvalue weighted by Gasteiger charge is -2.14. The molecule has 2 rings (SSSR count). The SMILES string of the molecule is CCOc1cc(CCC(=O)O)ccc1OCCOc1ccc(C)c(C)c1. The van der Waals surface area contributed by atoms with Crippen molar-refractivity contribution in [2.24, 2.45) is 0 Å². The molecule has 0 saturated heterocycles. The highest BCUT2D eigenvalue weighted by molar-refractivity contribution is 5.67. The van der Waals surface area contributed by atoms with Crippen LogP contribution in [0.25, 0.3) is 0 Å². The van der Waals surface area contributed by atoms with Gasteiger partial charge in [0.1, 0.15) is 19.0 Å². The molecule has 2 aromatic carbocycles. The van der Waals surface area contributed by atoms with Gasteiger partial charge in [0.2, 0.25) is 0 Å². The maximum Gasteiger partial charge on any atom is 0.303 e. The first-order chi connectivity index (χ1) is 12.5. The van der Waals surface area contributed by atoms with Crippen LogP contribution >= 0.6 is 0 Å². The van der Waals surface area contributed by atoms with Gasteiger partial charge < -0.3 is 19.3 Å². The molecule has 26 heavy (non-hydrogen) atoms. The molecular weight excluding hydrogens is 332 g/mol. The van der Waals surface area contributed by atoms with E-state index in [2.05, 4.69) is 13.8 Å². The van der Waals surface area contributed by atoms with Gasteiger partial charge in [-0.25, -0.2) is 0 Å². The lowest BCUT2D eigenvalue weighted by molar-refractivity contribution is -0.136. The van der Waals surface area contributed by atoms with E-state index < -0.39 is 5.97 Å². The maximum absolute atomic E-state index is 10.7. The Morgan fingerprint density at radius 1 is 0.923 bits per heavy atom. The van der Waals surface area contributed by atoms with E-state index in [9.17, 15) is 4.79 Å². The average molecular weight is 358 g/mol. The van der Waals surface area contributed by atoms with Crippen molar-refractivity contribution in [3.63, 3.8) is 0 Å². The van der Waals surface area contributed by atoms with Gasteiger partial charge in [-0.15, -0.1) is 0 Å². The Balaban J connectivity index is 1.90. The molecule has 1 N–H and O–H groups in total. The lowest BCUT2D eigenvalue weighted by atomic mass is 10.1. The molecule has 5 nitrogen and oxygen atoms in total. The number of hydrogen-bond donors (Lipinski definition) is 1. The van der Waals surface area contributed by atoms with E-state index >= 15 is 0 Å². The summed E-state index contributed by atoms with van der Waals surface area (Å²) in [5.41, 5.74) is 3.34. The maximum atomic E-state index is 10.7. The summed E-state index contributed by atoms with van der Waals surface area (Å²) in [5.74, 6) is 1.27. The van der Waals surface area contributed by atoms with E-state index in [4.69, 9.17) is 19.3 Å². The number of aliphatic carboxylic acids is 1. The third kappa shape index (κ3) is 5.99. The Morgan fingerprint density at radius 2 is 1.69 bits per heavy atom. The number of hydrogen-bond acceptors (Lipinski definition) is 4. The predicted octanol–water partition coefficient (Wildman–Crippen LogP) is 4.18. The zero-order chi connectivity index (χ0) is 18.9. The molecule has 140 valence electrons. The van der Waals surface area contributed by atoms with Crippen LogP contribution in [0, 0.1) is 13.8 Å². The second-order valence-electron chi connectivity index (χ2n) is 6.05. The van der Waals surface area contributed by atoms with E-state index in [0.29, 0.717) is 37.7 Å². The number of rotatable bonds is 10. The van der Waals surface area contributed by atoms with Crippen molar-refractivity contribution in [1.82, 2.24) is 0 Å². The first kappa shape index (κ1) is 19.6. The van der Waals surface area contributed by atoms with Crippen molar-refractivity contribution < 1.29 is 24.1 Å². The standard InChI is InChI=1S/C21H26O5/c1-4-24-20-14-17(7-10-21(22)23)6-9-19(20)26-12-11-25-18-8-5-15(2)16(3)13-18/h5-6,8-9,13-14H,4,7,10-12H2,1-3H3,(H,22,23). The molecular formula is C21H26O5. The van der Waals surface area contributed by atoms with E-state index in [0.717, 1.165) is 11.3 Å². The molecule has 0 spiro atoms. The van der Waals surface area contributed by atoms with Gasteiger partial charge in [-0.3, -0.25) is 4.79 Å². The largest absolute Gasteiger partial charge is 0.490 e. The molecule has 0 amide bonds. The predicted molar refractivity (Wildman–Crippen MR) is 100 cm³/mol. The van der Waals surface area contributed by atoms with Gasteiger partial charge in [-0.1, -0.05) is 12.1 Å². The van der Waals surface area contributed by atoms with Crippen LogP contribution in [0.5, 0.6) is 17.2 Å². The van der Waals surface area contributed by atoms with Crippen LogP contribution in [0.4, 0.5) is 0 Å². The molecule has 0 aliphatic heterocycles. The van der Waals surface area contributed by atoms with Crippen molar-refractivity contribution >= 4 is 5.97 Å². The van der Waals surface area contributed by atoms with Crippen LogP contribution < -0.4 is 14.2 Å². The zero-order valence-electron chi connectivity index (χ0n) is 15.6. The van der Waals surface area contributed by atoms with Gasteiger partial charge in [0.05, 0.1) is 6.61 Å². The molecule has 0 aliphatic rings. The highest BCUT2D eigenvalue weighted by Gasteiger charge is 2.08. The quantitative estimate of drug-likeness (QED) is 0.646. The summed E-state index contributed by atoms with van der Waals surface area (Å²) < 4.78 is 17.1. The zero-order valence-corrected chi connectivity index (χ0v) is 15.6. The normalized spacial score (nSPS) is 10.4. The molecule has 0 bridgehead atoms. The van der Waals surface area contributed by atoms with Crippen LogP contribution in [0.3, 0.4) is 0 Å². The van der Waals surface area contributed by atoms with Crippen molar-refractivity contribution in [3.8, 4) is 17.2 Å². The first-order valence-corrected chi connectivity index (χ1v) is 8.80. The molecule has 0 aromatic heterocycles. The topological polar surface area (TPSA) is 65.0 Å². The first-order valence-electron chi connectivity index (χ1n) is 8.80. The molecule has 0 atom stereocenters. The van der Waals surface area contributed by atoms with Crippen LogP contribution in [0.2, 0.25) is 0 Å². The highest BCUT2D eigenvalue weighted by atomic mass is 16.5. The summed E-state index contributed by atoms with van der Waals surface area (Å²) >= 11 is 0. The third-order valence-electron chi connectivity index (χ3n) is 4.02. The van der Waals surface area contributed by atoms with Gasteiger partial charge >= 0.3 is 5.97 Å². The highest BCUT2D eigenvalue weighted by Crippen LogP contribution is 2.29. The van der Waals surface area contributed by atoms with Crippen molar-refractivity contribution in [3.05, 3.63) is 53.1 Å². The van der Waals surface area contributed by atoms with E-state index in [1.165, 1.54) is 11.1 Å². The fraction of sp³-hybridized carbons (Fsp3) is 0.381. The second-order valence-corrected chi connectivity index (χ2v) is 6.05. The molecule has 0 aliphatic carbocycles. The van der Waals surface area contributed by atoms with Crippen molar-refractivity contribution in [2.45, 2.75) is 33.6 Å². The van der Waals surface area contributed by atoms with E-state index in [1.807, 2.05) is 43.3 Å². The summed E-state index contributed by atoms with van der Waals surface area (Å²) in [6.07, 6.45) is 0.557. The summed E-state index contributed by atoms with van der Waals surface area (Å²) in [7, 11) is 0. The fourth-order valence-electron chi connectivity index (χ4n) is 2.46. The minimum Gasteiger partial charge on any atom is -0.490 e. The van der Waals surface area contributed by atoms with E-state index in [1.54, 1.807) is 0 Å². The fourth-order valence-corrected chi connectivity index (χ4v) is 2.46. The lowest BCUT2D eigenvalue weighted by Crippen LogP contribution is -2.10. The summed E-state index contributed by atoms with van der Waals surface area (Å²) in [6.45, 7) is 7.35. The minimum absolute atomic E-state index is 0.0928. The van der Waals surface area contributed by atoms with Crippen LogP contribution in [0.15, 0.2) is 36.4 Å². The van der Waals surface area contributed by atoms with Gasteiger partial charge in [-0.2, -0.15) is 0 Å². The number of benzene rings is 2. The molecule has 0 heterocycles. The summed E-state index contributed by atoms with van der Waals surface area (Å²) in [6, 6.07) is 11.5. The molecule has 0 fully saturated rings. The number of carboxylic acids is 1. The third-order valence-corrected chi connectivity index (χ3v) is 4.02. The molecule has 2 aromatic rings. The van der Waals surface area contributed by atoms with Gasteiger partial charge in [-0.05, 0) is 68.1 Å². The van der Waals surface area contributed by atoms with Crippen LogP contribution in [-0.2, 0) is 11.2 Å². The van der Waals surface area contributed by atoms with Gasteiger partial charge in [0.25, 0.3) is 0 Å². The van der Waals surface area contributed by atoms with Crippen molar-refractivity contribution in [1.29, 1.82) is 0 Å². The number of carboxylic acid groups (broad SMARTS) is 1. The summed E-state index contributed by atoms with van der Waals surface area (Å²) in [4.78, 5) is 10.7. The Bertz CT molecular complexity index is 739. The second kappa shape index (κ2) is 9.70. The van der Waals surface area contributed by atoms with Gasteiger partial charge in [0, 0.05) is 6.42 Å². The summed E-state index contributed by atoms with van der Waals surface area (Å²) in [5, 5.41) is 8.80. The van der Waals surface area contributed by atoms with Crippen molar-refractivity contribution in [2.75, 3.05) is 19.8 Å². The Morgan fingerprint density at radius 3 is 2.38 bits per heavy atom. The van der Waals surface area contributed by atoms with Crippen LogP contribution in [0.1, 0.15) is 30.0 Å². The number of ether oxygens (including phenoxy) is 3. The number of carbonyl (C=O) groups is 1. The Kier molecular flexibility index (Phi) is 7.33. The average Bonchev–Trinajstić information content (AvgIpc) is 2.61. The molecule has 5 heteroatoms. The Hall–Kier alpha value is -2.69. The molecule has 0 unspecified atom stereocenters. The minimum atomic E-state index is -0.813. The Labute approximate surface area is 154 Å². The monoisotopic (exact) mass is 358 g/mol. The van der Waals surface area contributed by atoms with Crippen LogP contribution in [-0.4, -0.2) is 30.9 Å². The molecule has 0 saturated carbocycles.